The Morgan fingerprint density at radius 3 is 2.48 bits per heavy atom. The molecular formula is C37H31FIN3O5S. The number of methoxy groups -OCH3 is 1. The Bertz CT molecular complexity index is 2200. The molecule has 0 bridgehead atoms. The van der Waals surface area contributed by atoms with E-state index in [9.17, 15) is 14.0 Å². The molecule has 0 aliphatic carbocycles. The Kier molecular flexibility index (Phi) is 10.1. The van der Waals surface area contributed by atoms with E-state index in [1.54, 1.807) is 54.0 Å². The lowest BCUT2D eigenvalue weighted by Crippen LogP contribution is -2.40. The lowest BCUT2D eigenvalue weighted by molar-refractivity contribution is -0.113. The van der Waals surface area contributed by atoms with Crippen molar-refractivity contribution >= 4 is 51.6 Å². The van der Waals surface area contributed by atoms with Gasteiger partial charge in [-0.15, -0.1) is 0 Å². The third kappa shape index (κ3) is 6.92. The number of para-hydroxylation sites is 1. The van der Waals surface area contributed by atoms with E-state index in [2.05, 4.69) is 27.9 Å². The number of fused-ring (bicyclic) bond motifs is 1. The Morgan fingerprint density at radius 1 is 1.04 bits per heavy atom. The lowest BCUT2D eigenvalue weighted by atomic mass is 9.95. The first-order valence-electron chi connectivity index (χ1n) is 15.1. The highest BCUT2D eigenvalue weighted by Crippen LogP contribution is 2.35. The number of hydrogen-bond acceptors (Lipinski definition) is 7. The number of thiazole rings is 1. The number of benzene rings is 4. The minimum absolute atomic E-state index is 0.0298. The maximum absolute atomic E-state index is 14.2. The number of amides is 1. The highest BCUT2D eigenvalue weighted by molar-refractivity contribution is 14.1. The van der Waals surface area contributed by atoms with E-state index >= 15 is 0 Å². The fourth-order valence-corrected chi connectivity index (χ4v) is 7.27. The molecule has 0 fully saturated rings. The molecule has 1 aliphatic rings. The first-order valence-corrected chi connectivity index (χ1v) is 17.0. The third-order valence-corrected chi connectivity index (χ3v) is 9.47. The minimum atomic E-state index is -0.730. The molecule has 5 aromatic rings. The Morgan fingerprint density at radius 2 is 1.77 bits per heavy atom. The molecule has 1 atom stereocenters. The Hall–Kier alpha value is -4.75. The monoisotopic (exact) mass is 775 g/mol. The predicted octanol–water partition coefficient (Wildman–Crippen LogP) is 6.60. The number of anilines is 1. The van der Waals surface area contributed by atoms with Gasteiger partial charge in [0.2, 0.25) is 0 Å². The van der Waals surface area contributed by atoms with Gasteiger partial charge in [0, 0.05) is 11.3 Å². The molecule has 244 valence electrons. The van der Waals surface area contributed by atoms with E-state index in [-0.39, 0.29) is 23.9 Å². The van der Waals surface area contributed by atoms with Crippen LogP contribution >= 0.6 is 33.9 Å². The van der Waals surface area contributed by atoms with Crippen molar-refractivity contribution < 1.29 is 23.4 Å². The maximum atomic E-state index is 14.2. The largest absolute Gasteiger partial charge is 0.494 e. The average molecular weight is 776 g/mol. The second kappa shape index (κ2) is 14.6. The maximum Gasteiger partial charge on any atom is 0.271 e. The van der Waals surface area contributed by atoms with E-state index in [0.717, 1.165) is 9.13 Å². The molecule has 0 spiro atoms. The molecule has 1 amide bonds. The van der Waals surface area contributed by atoms with Gasteiger partial charge in [-0.1, -0.05) is 59.9 Å². The molecule has 11 heteroatoms. The van der Waals surface area contributed by atoms with E-state index in [1.807, 2.05) is 55.5 Å². The van der Waals surface area contributed by atoms with Crippen LogP contribution in [-0.2, 0) is 11.4 Å². The van der Waals surface area contributed by atoms with Gasteiger partial charge in [-0.2, -0.15) is 0 Å². The molecule has 8 nitrogen and oxygen atoms in total. The predicted molar refractivity (Wildman–Crippen MR) is 193 cm³/mol. The first kappa shape index (κ1) is 33.2. The molecular weight excluding hydrogens is 744 g/mol. The van der Waals surface area contributed by atoms with Crippen LogP contribution in [-0.4, -0.2) is 24.2 Å². The van der Waals surface area contributed by atoms with Gasteiger partial charge in [0.25, 0.3) is 11.5 Å². The van der Waals surface area contributed by atoms with Crippen LogP contribution in [0.25, 0.3) is 6.08 Å². The molecule has 0 unspecified atom stereocenters. The summed E-state index contributed by atoms with van der Waals surface area (Å²) < 4.78 is 34.2. The molecule has 0 radical (unpaired) electrons. The van der Waals surface area contributed by atoms with Gasteiger partial charge >= 0.3 is 0 Å². The fourth-order valence-electron chi connectivity index (χ4n) is 5.44. The average Bonchev–Trinajstić information content (AvgIpc) is 3.38. The van der Waals surface area contributed by atoms with E-state index in [1.165, 1.54) is 24.5 Å². The Labute approximate surface area is 294 Å². The summed E-state index contributed by atoms with van der Waals surface area (Å²) in [5.41, 5.74) is 3.10. The summed E-state index contributed by atoms with van der Waals surface area (Å²) in [5, 5.41) is 2.97. The zero-order valence-corrected chi connectivity index (χ0v) is 29.3. The molecule has 1 aliphatic heterocycles. The van der Waals surface area contributed by atoms with Crippen molar-refractivity contribution in [2.24, 2.45) is 4.99 Å². The molecule has 48 heavy (non-hydrogen) atoms. The molecule has 4 aromatic carbocycles. The number of aromatic nitrogens is 1. The summed E-state index contributed by atoms with van der Waals surface area (Å²) in [6, 6.07) is 25.9. The summed E-state index contributed by atoms with van der Waals surface area (Å²) in [6.45, 7) is 4.24. The number of hydrogen-bond donors (Lipinski definition) is 1. The van der Waals surface area contributed by atoms with Crippen molar-refractivity contribution in [1.82, 2.24) is 4.57 Å². The number of carbonyl (C=O) groups excluding carboxylic acids is 1. The number of halogens is 2. The number of rotatable bonds is 10. The second-order valence-corrected chi connectivity index (χ2v) is 13.0. The van der Waals surface area contributed by atoms with Gasteiger partial charge < -0.3 is 19.5 Å². The van der Waals surface area contributed by atoms with Crippen LogP contribution < -0.4 is 34.4 Å². The summed E-state index contributed by atoms with van der Waals surface area (Å²) in [7, 11) is 1.53. The van der Waals surface area contributed by atoms with Crippen LogP contribution in [0.1, 0.15) is 36.6 Å². The van der Waals surface area contributed by atoms with Gasteiger partial charge in [0.15, 0.2) is 16.3 Å². The molecule has 2 heterocycles. The van der Waals surface area contributed by atoms with Crippen LogP contribution in [0, 0.1) is 9.39 Å². The number of nitrogens with one attached hydrogen (secondary N) is 1. The number of ether oxygens (including phenoxy) is 3. The number of allylic oxidation sites excluding steroid dienone is 1. The van der Waals surface area contributed by atoms with Gasteiger partial charge in [-0.25, -0.2) is 9.38 Å². The van der Waals surface area contributed by atoms with Gasteiger partial charge in [-0.05, 0) is 96.1 Å². The number of carbonyl (C=O) groups is 1. The molecule has 1 N–H and O–H groups in total. The highest BCUT2D eigenvalue weighted by atomic mass is 127. The lowest BCUT2D eigenvalue weighted by Gasteiger charge is -2.25. The highest BCUT2D eigenvalue weighted by Gasteiger charge is 2.32. The quantitative estimate of drug-likeness (QED) is 0.162. The number of nitrogens with zero attached hydrogens (tertiary/aromatic N) is 2. The van der Waals surface area contributed by atoms with E-state index in [0.29, 0.717) is 61.3 Å². The van der Waals surface area contributed by atoms with E-state index in [4.69, 9.17) is 19.2 Å². The zero-order chi connectivity index (χ0) is 33.8. The van der Waals surface area contributed by atoms with Gasteiger partial charge in [0.05, 0.1) is 39.1 Å². The van der Waals surface area contributed by atoms with Gasteiger partial charge in [0.1, 0.15) is 18.2 Å². The van der Waals surface area contributed by atoms with Crippen LogP contribution in [0.4, 0.5) is 10.1 Å². The summed E-state index contributed by atoms with van der Waals surface area (Å²) >= 11 is 3.38. The van der Waals surface area contributed by atoms with Crippen LogP contribution in [0.15, 0.2) is 112 Å². The molecule has 0 saturated heterocycles. The summed E-state index contributed by atoms with van der Waals surface area (Å²) in [6.07, 6.45) is 1.77. The van der Waals surface area contributed by atoms with Crippen molar-refractivity contribution in [3.8, 4) is 17.2 Å². The van der Waals surface area contributed by atoms with Crippen molar-refractivity contribution in [3.63, 3.8) is 0 Å². The summed E-state index contributed by atoms with van der Waals surface area (Å²) in [4.78, 5) is 33.3. The van der Waals surface area contributed by atoms with Crippen LogP contribution in [0.3, 0.4) is 0 Å². The molecule has 6 rings (SSSR count). The van der Waals surface area contributed by atoms with Crippen molar-refractivity contribution in [1.29, 1.82) is 0 Å². The standard InChI is InChI=1S/C37H31FIN3O5S/c1-4-46-27-16-14-24(15-17-27)33-32(35(43)41-26-11-6-5-7-12-26)22(2)40-37-42(33)36(44)31(48-37)20-23-18-29(39)34(30(19-23)45-3)47-21-25-10-8-9-13-28(25)38/h5-20,33H,4,21H2,1-3H3,(H,41,43)/b31-20-/t33-/m1/s1. The van der Waals surface area contributed by atoms with Crippen molar-refractivity contribution in [3.05, 3.63) is 148 Å². The zero-order valence-electron chi connectivity index (χ0n) is 26.3. The first-order chi connectivity index (χ1) is 23.3. The molecule has 0 saturated carbocycles. The van der Waals surface area contributed by atoms with Gasteiger partial charge in [-0.3, -0.25) is 14.2 Å². The smallest absolute Gasteiger partial charge is 0.271 e. The SMILES string of the molecule is CCOc1ccc([C@@H]2C(C(=O)Nc3ccccc3)=C(C)N=c3s/c(=C\c4cc(I)c(OCc5ccccc5F)c(OC)c4)c(=O)n32)cc1. The normalized spacial score (nSPS) is 14.3. The van der Waals surface area contributed by atoms with Crippen LogP contribution in [0.5, 0.6) is 17.2 Å². The van der Waals surface area contributed by atoms with E-state index < -0.39 is 6.04 Å². The summed E-state index contributed by atoms with van der Waals surface area (Å²) in [5.74, 6) is 0.911. The topological polar surface area (TPSA) is 91.2 Å². The van der Waals surface area contributed by atoms with Crippen molar-refractivity contribution in [2.75, 3.05) is 19.0 Å². The molecule has 1 aromatic heterocycles. The minimum Gasteiger partial charge on any atom is -0.494 e. The fraction of sp³-hybridized carbons (Fsp3) is 0.162. The second-order valence-electron chi connectivity index (χ2n) is 10.8. The third-order valence-electron chi connectivity index (χ3n) is 7.68. The van der Waals surface area contributed by atoms with Crippen molar-refractivity contribution in [2.45, 2.75) is 26.5 Å². The Balaban J connectivity index is 1.41. The van der Waals surface area contributed by atoms with Crippen LogP contribution in [0.2, 0.25) is 0 Å².